The predicted octanol–water partition coefficient (Wildman–Crippen LogP) is 1.61. The molecule has 3 heteroatoms. The summed E-state index contributed by atoms with van der Waals surface area (Å²) in [5.41, 5.74) is 0.0255. The van der Waals surface area contributed by atoms with Crippen LogP contribution in [0.2, 0.25) is 0 Å². The normalized spacial score (nSPS) is 24.7. The van der Waals surface area contributed by atoms with E-state index in [0.717, 1.165) is 26.2 Å². The largest absolute Gasteiger partial charge is 0.300 e. The molecule has 0 saturated carbocycles. The van der Waals surface area contributed by atoms with E-state index in [1.54, 1.807) is 0 Å². The van der Waals surface area contributed by atoms with Crippen LogP contribution in [-0.4, -0.2) is 36.6 Å². The van der Waals surface area contributed by atoms with Crippen molar-refractivity contribution in [1.82, 2.24) is 10.2 Å². The van der Waals surface area contributed by atoms with Crippen LogP contribution in [0.1, 0.15) is 34.1 Å². The van der Waals surface area contributed by atoms with Crippen LogP contribution < -0.4 is 5.32 Å². The van der Waals surface area contributed by atoms with Crippen LogP contribution in [0.5, 0.6) is 0 Å². The van der Waals surface area contributed by atoms with Gasteiger partial charge in [0.05, 0.1) is 6.07 Å². The molecule has 0 aromatic carbocycles. The van der Waals surface area contributed by atoms with E-state index in [9.17, 15) is 0 Å². The maximum atomic E-state index is 9.17. The number of hydrogen-bond donors (Lipinski definition) is 1. The third kappa shape index (κ3) is 3.48. The van der Waals surface area contributed by atoms with E-state index in [0.29, 0.717) is 5.41 Å². The van der Waals surface area contributed by atoms with Crippen molar-refractivity contribution in [3.05, 3.63) is 0 Å². The van der Waals surface area contributed by atoms with E-state index < -0.39 is 5.54 Å². The predicted molar refractivity (Wildman–Crippen MR) is 62.5 cm³/mol. The second-order valence-electron chi connectivity index (χ2n) is 5.60. The Labute approximate surface area is 93.5 Å². The summed E-state index contributed by atoms with van der Waals surface area (Å²) in [5, 5.41) is 12.4. The Bertz CT molecular complexity index is 254. The lowest BCUT2D eigenvalue weighted by Gasteiger charge is -2.29. The molecule has 1 rings (SSSR count). The van der Waals surface area contributed by atoms with Gasteiger partial charge in [0.15, 0.2) is 0 Å². The Morgan fingerprint density at radius 1 is 1.53 bits per heavy atom. The zero-order valence-corrected chi connectivity index (χ0v) is 10.4. The van der Waals surface area contributed by atoms with Gasteiger partial charge in [-0.3, -0.25) is 10.2 Å². The lowest BCUT2D eigenvalue weighted by molar-refractivity contribution is 0.239. The van der Waals surface area contributed by atoms with Crippen molar-refractivity contribution in [3.63, 3.8) is 0 Å². The standard InChI is InChI=1S/C12H23N3/c1-5-14-12(4,8-13)10-15-7-6-11(2,3)9-15/h14H,5-7,9-10H2,1-4H3. The summed E-state index contributed by atoms with van der Waals surface area (Å²) in [7, 11) is 0. The first-order valence-electron chi connectivity index (χ1n) is 5.79. The van der Waals surface area contributed by atoms with Gasteiger partial charge in [0.25, 0.3) is 0 Å². The molecule has 15 heavy (non-hydrogen) atoms. The van der Waals surface area contributed by atoms with Gasteiger partial charge < -0.3 is 0 Å². The molecule has 1 N–H and O–H groups in total. The first kappa shape index (κ1) is 12.5. The highest BCUT2D eigenvalue weighted by atomic mass is 15.2. The van der Waals surface area contributed by atoms with Crippen LogP contribution >= 0.6 is 0 Å². The van der Waals surface area contributed by atoms with Crippen molar-refractivity contribution in [1.29, 1.82) is 5.26 Å². The molecular weight excluding hydrogens is 186 g/mol. The lowest BCUT2D eigenvalue weighted by atomic mass is 9.93. The SMILES string of the molecule is CCNC(C)(C#N)CN1CCC(C)(C)C1. The topological polar surface area (TPSA) is 39.1 Å². The van der Waals surface area contributed by atoms with E-state index >= 15 is 0 Å². The fourth-order valence-corrected chi connectivity index (χ4v) is 2.33. The number of hydrogen-bond acceptors (Lipinski definition) is 3. The van der Waals surface area contributed by atoms with Gasteiger partial charge in [-0.15, -0.1) is 0 Å². The molecule has 0 aromatic heterocycles. The molecule has 0 aromatic rings. The van der Waals surface area contributed by atoms with Crippen molar-refractivity contribution in [2.24, 2.45) is 5.41 Å². The van der Waals surface area contributed by atoms with Crippen LogP contribution in [0.3, 0.4) is 0 Å². The van der Waals surface area contributed by atoms with E-state index in [4.69, 9.17) is 5.26 Å². The first-order chi connectivity index (χ1) is 6.91. The maximum absolute atomic E-state index is 9.17. The second kappa shape index (κ2) is 4.51. The fourth-order valence-electron chi connectivity index (χ4n) is 2.33. The summed E-state index contributed by atoms with van der Waals surface area (Å²) in [6.45, 7) is 12.5. The summed E-state index contributed by atoms with van der Waals surface area (Å²) in [4.78, 5) is 2.39. The highest BCUT2D eigenvalue weighted by Gasteiger charge is 2.33. The van der Waals surface area contributed by atoms with Gasteiger partial charge in [-0.05, 0) is 31.8 Å². The van der Waals surface area contributed by atoms with Crippen molar-refractivity contribution in [2.75, 3.05) is 26.2 Å². The average Bonchev–Trinajstić information content (AvgIpc) is 2.46. The van der Waals surface area contributed by atoms with Gasteiger partial charge >= 0.3 is 0 Å². The molecule has 1 atom stereocenters. The van der Waals surface area contributed by atoms with Crippen LogP contribution in [0, 0.1) is 16.7 Å². The van der Waals surface area contributed by atoms with Gasteiger partial charge in [-0.25, -0.2) is 0 Å². The van der Waals surface area contributed by atoms with Crippen LogP contribution in [-0.2, 0) is 0 Å². The number of nitriles is 1. The van der Waals surface area contributed by atoms with Crippen molar-refractivity contribution >= 4 is 0 Å². The van der Waals surface area contributed by atoms with Crippen molar-refractivity contribution < 1.29 is 0 Å². The van der Waals surface area contributed by atoms with E-state index in [-0.39, 0.29) is 0 Å². The van der Waals surface area contributed by atoms with Gasteiger partial charge in [-0.1, -0.05) is 20.8 Å². The Balaban J connectivity index is 2.51. The summed E-state index contributed by atoms with van der Waals surface area (Å²) >= 11 is 0. The minimum absolute atomic E-state index is 0.394. The molecule has 1 aliphatic heterocycles. The number of likely N-dealkylation sites (N-methyl/N-ethyl adjacent to an activating group) is 1. The fraction of sp³-hybridized carbons (Fsp3) is 0.917. The minimum atomic E-state index is -0.394. The molecule has 0 radical (unpaired) electrons. The molecule has 0 bridgehead atoms. The molecule has 1 aliphatic rings. The molecule has 1 saturated heterocycles. The Kier molecular flexibility index (Phi) is 3.75. The minimum Gasteiger partial charge on any atom is -0.300 e. The molecule has 1 fully saturated rings. The molecule has 86 valence electrons. The highest BCUT2D eigenvalue weighted by molar-refractivity contribution is 5.06. The summed E-state index contributed by atoms with van der Waals surface area (Å²) in [6, 6.07) is 2.38. The lowest BCUT2D eigenvalue weighted by Crippen LogP contribution is -2.50. The zero-order valence-electron chi connectivity index (χ0n) is 10.4. The highest BCUT2D eigenvalue weighted by Crippen LogP contribution is 2.29. The summed E-state index contributed by atoms with van der Waals surface area (Å²) in [5.74, 6) is 0. The maximum Gasteiger partial charge on any atom is 0.116 e. The quantitative estimate of drug-likeness (QED) is 0.764. The zero-order chi connectivity index (χ0) is 11.5. The number of likely N-dealkylation sites (tertiary alicyclic amines) is 1. The van der Waals surface area contributed by atoms with Gasteiger partial charge in [0.2, 0.25) is 0 Å². The second-order valence-corrected chi connectivity index (χ2v) is 5.60. The molecule has 1 heterocycles. The van der Waals surface area contributed by atoms with Crippen LogP contribution in [0.15, 0.2) is 0 Å². The third-order valence-electron chi connectivity index (χ3n) is 3.11. The smallest absolute Gasteiger partial charge is 0.116 e. The third-order valence-corrected chi connectivity index (χ3v) is 3.11. The molecule has 0 spiro atoms. The number of nitrogens with zero attached hydrogens (tertiary/aromatic N) is 2. The average molecular weight is 209 g/mol. The molecule has 3 nitrogen and oxygen atoms in total. The summed E-state index contributed by atoms with van der Waals surface area (Å²) in [6.07, 6.45) is 1.24. The van der Waals surface area contributed by atoms with E-state index in [1.165, 1.54) is 6.42 Å². The molecule has 0 aliphatic carbocycles. The molecule has 0 amide bonds. The van der Waals surface area contributed by atoms with Gasteiger partial charge in [-0.2, -0.15) is 5.26 Å². The van der Waals surface area contributed by atoms with Crippen LogP contribution in [0.25, 0.3) is 0 Å². The van der Waals surface area contributed by atoms with Crippen molar-refractivity contribution in [3.8, 4) is 6.07 Å². The summed E-state index contributed by atoms with van der Waals surface area (Å²) < 4.78 is 0. The molecule has 1 unspecified atom stereocenters. The number of rotatable bonds is 4. The van der Waals surface area contributed by atoms with Gasteiger partial charge in [0.1, 0.15) is 5.54 Å². The van der Waals surface area contributed by atoms with E-state index in [2.05, 4.69) is 30.1 Å². The Morgan fingerprint density at radius 3 is 2.60 bits per heavy atom. The molecular formula is C12H23N3. The Morgan fingerprint density at radius 2 is 2.20 bits per heavy atom. The van der Waals surface area contributed by atoms with Crippen molar-refractivity contribution in [2.45, 2.75) is 39.7 Å². The van der Waals surface area contributed by atoms with Gasteiger partial charge in [0, 0.05) is 13.1 Å². The number of nitrogens with one attached hydrogen (secondary N) is 1. The van der Waals surface area contributed by atoms with E-state index in [1.807, 2.05) is 13.8 Å². The first-order valence-corrected chi connectivity index (χ1v) is 5.79. The Hall–Kier alpha value is -0.590. The van der Waals surface area contributed by atoms with Crippen LogP contribution in [0.4, 0.5) is 0 Å². The monoisotopic (exact) mass is 209 g/mol.